The van der Waals surface area contributed by atoms with Gasteiger partial charge in [0.15, 0.2) is 11.5 Å². The minimum absolute atomic E-state index is 0. The molecule has 2 aromatic heterocycles. The van der Waals surface area contributed by atoms with Crippen LogP contribution in [0.1, 0.15) is 25.8 Å². The fourth-order valence-corrected chi connectivity index (χ4v) is 3.26. The van der Waals surface area contributed by atoms with E-state index in [-0.39, 0.29) is 77.8 Å². The summed E-state index contributed by atoms with van der Waals surface area (Å²) >= 11 is 0. The van der Waals surface area contributed by atoms with Crippen molar-refractivity contribution in [2.75, 3.05) is 12.1 Å². The van der Waals surface area contributed by atoms with Crippen molar-refractivity contribution in [3.05, 3.63) is 24.6 Å². The molecule has 2 heterocycles. The average Bonchev–Trinajstić information content (AvgIpc) is 3.07. The average molecular weight is 401 g/mol. The summed E-state index contributed by atoms with van der Waals surface area (Å²) in [5.74, 6) is -0.412. The Morgan fingerprint density at radius 2 is 2.12 bits per heavy atom. The van der Waals surface area contributed by atoms with Crippen molar-refractivity contribution in [1.82, 2.24) is 19.5 Å². The van der Waals surface area contributed by atoms with Crippen LogP contribution < -0.4 is 74.6 Å². The van der Waals surface area contributed by atoms with Gasteiger partial charge in [-0.15, -0.1) is 0 Å². The van der Waals surface area contributed by atoms with Crippen LogP contribution in [0.3, 0.4) is 0 Å². The minimum atomic E-state index is -4.90. The molecule has 3 rings (SSSR count). The molecule has 0 saturated heterocycles. The number of allylic oxidation sites excluding steroid dienone is 1. The second-order valence-corrected chi connectivity index (χ2v) is 7.08. The summed E-state index contributed by atoms with van der Waals surface area (Å²) in [4.78, 5) is 33.7. The summed E-state index contributed by atoms with van der Waals surface area (Å²) < 4.78 is 32.1. The molecule has 0 spiro atoms. The molecule has 0 bridgehead atoms. The molecule has 130 valence electrons. The van der Waals surface area contributed by atoms with Gasteiger partial charge in [0.1, 0.15) is 23.3 Å². The van der Waals surface area contributed by atoms with Crippen LogP contribution in [0.2, 0.25) is 0 Å². The summed E-state index contributed by atoms with van der Waals surface area (Å²) in [5, 5.41) is 0. The molecule has 1 aliphatic rings. The fraction of sp³-hybridized carbons (Fsp3) is 0.462. The first-order chi connectivity index (χ1) is 11.3. The largest absolute Gasteiger partial charge is 1.00 e. The van der Waals surface area contributed by atoms with Gasteiger partial charge in [0.25, 0.3) is 0 Å². The number of aromatic nitrogens is 4. The first-order valence-corrected chi connectivity index (χ1v) is 8.94. The van der Waals surface area contributed by atoms with E-state index in [2.05, 4.69) is 15.0 Å². The van der Waals surface area contributed by atoms with Crippen molar-refractivity contribution in [3.8, 4) is 0 Å². The number of hydrogen-bond donors (Lipinski definition) is 1. The molecule has 0 aromatic carbocycles. The van der Waals surface area contributed by atoms with E-state index in [1.807, 2.05) is 0 Å². The first kappa shape index (κ1) is 24.2. The standard InChI is InChI=1S/C13H17FN5O4P.2Na/c1-2-13(23-7-24(20,21)22)4-8(3-9(13)14)19-6-18-10-11(15)16-5-17-12(10)19;;/h3,5-6,8H,2,4,7H2,1H3,(H2,15,16,17)(H2,20,21,22);;/q;2*+1/p-2. The van der Waals surface area contributed by atoms with Crippen molar-refractivity contribution < 1.29 is 82.6 Å². The van der Waals surface area contributed by atoms with Gasteiger partial charge in [-0.2, -0.15) is 0 Å². The molecule has 2 atom stereocenters. The molecule has 2 aromatic rings. The predicted octanol–water partition coefficient (Wildman–Crippen LogP) is -5.75. The Hall–Kier alpha value is 0.130. The van der Waals surface area contributed by atoms with Gasteiger partial charge in [-0.05, 0) is 20.1 Å². The third-order valence-corrected chi connectivity index (χ3v) is 4.57. The zero-order chi connectivity index (χ0) is 17.5. The Morgan fingerprint density at radius 3 is 2.73 bits per heavy atom. The smallest absolute Gasteiger partial charge is 0.809 e. The topological polar surface area (TPSA) is 142 Å². The normalized spacial score (nSPS) is 22.6. The van der Waals surface area contributed by atoms with Gasteiger partial charge in [-0.3, -0.25) is 0 Å². The number of fused-ring (bicyclic) bond motifs is 1. The molecular weight excluding hydrogens is 386 g/mol. The summed E-state index contributed by atoms with van der Waals surface area (Å²) in [6.45, 7) is 1.66. The molecule has 0 saturated carbocycles. The summed E-state index contributed by atoms with van der Waals surface area (Å²) in [7, 11) is -4.90. The molecule has 26 heavy (non-hydrogen) atoms. The number of rotatable bonds is 5. The van der Waals surface area contributed by atoms with Crippen LogP contribution in [-0.4, -0.2) is 31.5 Å². The van der Waals surface area contributed by atoms with Gasteiger partial charge in [0.2, 0.25) is 0 Å². The van der Waals surface area contributed by atoms with E-state index in [0.29, 0.717) is 11.2 Å². The van der Waals surface area contributed by atoms with Crippen molar-refractivity contribution in [2.45, 2.75) is 31.4 Å². The zero-order valence-corrected chi connectivity index (χ0v) is 19.6. The second kappa shape index (κ2) is 9.09. The van der Waals surface area contributed by atoms with E-state index in [1.54, 1.807) is 11.5 Å². The maximum Gasteiger partial charge on any atom is 1.00 e. The van der Waals surface area contributed by atoms with Crippen molar-refractivity contribution in [1.29, 1.82) is 0 Å². The number of nitrogens with zero attached hydrogens (tertiary/aromatic N) is 4. The number of nitrogen functional groups attached to an aromatic ring is 1. The van der Waals surface area contributed by atoms with Crippen molar-refractivity contribution in [3.63, 3.8) is 0 Å². The summed E-state index contributed by atoms with van der Waals surface area (Å²) in [6, 6.07) is -0.498. The van der Waals surface area contributed by atoms with Gasteiger partial charge in [-0.25, -0.2) is 19.3 Å². The first-order valence-electron chi connectivity index (χ1n) is 7.21. The maximum absolute atomic E-state index is 14.5. The van der Waals surface area contributed by atoms with Gasteiger partial charge in [-0.1, -0.05) is 6.92 Å². The van der Waals surface area contributed by atoms with E-state index in [9.17, 15) is 18.7 Å². The molecule has 0 aliphatic heterocycles. The van der Waals surface area contributed by atoms with Gasteiger partial charge in [0, 0.05) is 6.42 Å². The zero-order valence-electron chi connectivity index (χ0n) is 14.8. The summed E-state index contributed by atoms with van der Waals surface area (Å²) in [6.07, 6.45) is 3.28. The quantitative estimate of drug-likeness (QED) is 0.386. The van der Waals surface area contributed by atoms with Crippen molar-refractivity contribution in [2.24, 2.45) is 0 Å². The maximum atomic E-state index is 14.5. The van der Waals surface area contributed by atoms with Gasteiger partial charge < -0.3 is 29.4 Å². The van der Waals surface area contributed by atoms with Crippen LogP contribution in [-0.2, 0) is 9.30 Å². The van der Waals surface area contributed by atoms with E-state index >= 15 is 0 Å². The second-order valence-electron chi connectivity index (χ2n) is 5.60. The molecule has 2 N–H and O–H groups in total. The third-order valence-electron chi connectivity index (χ3n) is 4.13. The number of nitrogens with two attached hydrogens (primary N) is 1. The number of anilines is 1. The predicted molar refractivity (Wildman–Crippen MR) is 79.2 cm³/mol. The van der Waals surface area contributed by atoms with Gasteiger partial charge >= 0.3 is 59.1 Å². The number of hydrogen-bond acceptors (Lipinski definition) is 8. The monoisotopic (exact) mass is 401 g/mol. The fourth-order valence-electron chi connectivity index (χ4n) is 2.85. The SMILES string of the molecule is CCC1(OCP(=O)([O-])[O-])CC(n2cnc3c(N)ncnc32)C=C1F.[Na+].[Na+]. The Kier molecular flexibility index (Phi) is 8.45. The third kappa shape index (κ3) is 4.75. The van der Waals surface area contributed by atoms with Crippen molar-refractivity contribution >= 4 is 24.6 Å². The van der Waals surface area contributed by atoms with Gasteiger partial charge in [0.05, 0.1) is 18.7 Å². The molecule has 13 heteroatoms. The molecular formula is C13H15FN5Na2O4P. The van der Waals surface area contributed by atoms with Crippen LogP contribution in [0.4, 0.5) is 10.2 Å². The van der Waals surface area contributed by atoms with Crippen LogP contribution in [0.5, 0.6) is 0 Å². The number of imidazole rings is 1. The van der Waals surface area contributed by atoms with Crippen LogP contribution in [0.25, 0.3) is 11.2 Å². The van der Waals surface area contributed by atoms with E-state index in [4.69, 9.17) is 10.5 Å². The molecule has 9 nitrogen and oxygen atoms in total. The Labute approximate surface area is 193 Å². The van der Waals surface area contributed by atoms with E-state index in [1.165, 1.54) is 18.7 Å². The van der Waals surface area contributed by atoms with E-state index in [0.717, 1.165) is 0 Å². The molecule has 0 fully saturated rings. The van der Waals surface area contributed by atoms with Crippen LogP contribution in [0, 0.1) is 0 Å². The molecule has 2 unspecified atom stereocenters. The molecule has 1 aliphatic carbocycles. The van der Waals surface area contributed by atoms with E-state index < -0.39 is 31.4 Å². The van der Waals surface area contributed by atoms with Crippen LogP contribution in [0.15, 0.2) is 24.6 Å². The summed E-state index contributed by atoms with van der Waals surface area (Å²) in [5.41, 5.74) is 5.10. The Balaban J connectivity index is 0.00000169. The number of halogens is 1. The number of ether oxygens (including phenoxy) is 1. The molecule has 0 amide bonds. The van der Waals surface area contributed by atoms with Crippen LogP contribution >= 0.6 is 7.60 Å². The Bertz CT molecular complexity index is 860. The minimum Gasteiger partial charge on any atom is -0.809 e. The molecule has 0 radical (unpaired) electrons. The Morgan fingerprint density at radius 1 is 1.42 bits per heavy atom.